The first-order valence-corrected chi connectivity index (χ1v) is 7.23. The molecule has 0 saturated carbocycles. The number of hydrogen-bond donors (Lipinski definition) is 2. The lowest BCUT2D eigenvalue weighted by atomic mass is 10.1. The van der Waals surface area contributed by atoms with Crippen molar-refractivity contribution in [2.24, 2.45) is 4.99 Å². The van der Waals surface area contributed by atoms with Crippen LogP contribution < -0.4 is 5.32 Å². The highest BCUT2D eigenvalue weighted by atomic mass is 16.2. The largest absolute Gasteiger partial charge is 0.397 e. The Hall–Kier alpha value is -0.570. The van der Waals surface area contributed by atoms with E-state index in [-0.39, 0.29) is 6.61 Å². The molecule has 0 bridgehead atoms. The molecule has 0 amide bonds. The van der Waals surface area contributed by atoms with Gasteiger partial charge in [0, 0.05) is 19.6 Å². The fourth-order valence-electron chi connectivity index (χ4n) is 1.86. The van der Waals surface area contributed by atoms with Crippen molar-refractivity contribution in [3.05, 3.63) is 0 Å². The summed E-state index contributed by atoms with van der Waals surface area (Å²) in [5.74, 6) is 1.25. The van der Waals surface area contributed by atoms with E-state index in [1.54, 1.807) is 6.92 Å². The molecule has 3 nitrogen and oxygen atoms in total. The minimum Gasteiger partial charge on any atom is -0.397 e. The maximum Gasteiger partial charge on any atom is 0.0964 e. The zero-order chi connectivity index (χ0) is 12.8. The minimum absolute atomic E-state index is 0.250. The topological polar surface area (TPSA) is 44.6 Å². The molecule has 17 heavy (non-hydrogen) atoms. The van der Waals surface area contributed by atoms with Crippen molar-refractivity contribution >= 4 is 5.84 Å². The highest BCUT2D eigenvalue weighted by Gasteiger charge is 2.03. The van der Waals surface area contributed by atoms with Crippen LogP contribution in [0.4, 0.5) is 0 Å². The molecule has 0 aliphatic carbocycles. The fourth-order valence-corrected chi connectivity index (χ4v) is 1.86. The van der Waals surface area contributed by atoms with Gasteiger partial charge in [-0.3, -0.25) is 4.99 Å². The maximum atomic E-state index is 7.57. The molecule has 102 valence electrons. The van der Waals surface area contributed by atoms with Gasteiger partial charge in [0.2, 0.25) is 0 Å². The highest BCUT2D eigenvalue weighted by molar-refractivity contribution is 5.83. The lowest BCUT2D eigenvalue weighted by Crippen LogP contribution is -2.17. The van der Waals surface area contributed by atoms with Crippen LogP contribution in [0.25, 0.3) is 0 Å². The van der Waals surface area contributed by atoms with Gasteiger partial charge in [-0.05, 0) is 13.3 Å². The number of unbranched alkanes of at least 4 members (excludes halogenated alkanes) is 6. The van der Waals surface area contributed by atoms with Gasteiger partial charge < -0.3 is 10.4 Å². The summed E-state index contributed by atoms with van der Waals surface area (Å²) in [6.07, 6.45) is 10.9. The first kappa shape index (κ1) is 16.4. The van der Waals surface area contributed by atoms with Gasteiger partial charge in [0.1, 0.15) is 0 Å². The number of aliphatic imine (C=N–C) groups is 1. The van der Waals surface area contributed by atoms with E-state index in [2.05, 4.69) is 17.2 Å². The fraction of sp³-hybridized carbons (Fsp3) is 0.929. The minimum atomic E-state index is 0.250. The summed E-state index contributed by atoms with van der Waals surface area (Å²) in [7, 11) is 0. The molecule has 0 radical (unpaired) electrons. The number of nitrogens with zero attached hydrogens (tertiary/aromatic N) is 1. The Morgan fingerprint density at radius 2 is 1.65 bits per heavy atom. The molecule has 3 heteroatoms. The molecular formula is C14H30N2O. The quantitative estimate of drug-likeness (QED) is 0.642. The van der Waals surface area contributed by atoms with E-state index in [0.717, 1.165) is 13.1 Å². The molecule has 2 N–H and O–H groups in total. The van der Waals surface area contributed by atoms with Gasteiger partial charge in [-0.1, -0.05) is 45.4 Å². The highest BCUT2D eigenvalue weighted by Crippen LogP contribution is 2.08. The summed E-state index contributed by atoms with van der Waals surface area (Å²) in [5.41, 5.74) is 0. The molecule has 0 aromatic rings. The summed E-state index contributed by atoms with van der Waals surface area (Å²) in [4.78, 5) is 4.39. The molecule has 0 saturated heterocycles. The normalized spacial score (nSPS) is 13.7. The van der Waals surface area contributed by atoms with E-state index >= 15 is 0 Å². The van der Waals surface area contributed by atoms with Crippen LogP contribution in [-0.4, -0.2) is 30.6 Å². The second-order valence-electron chi connectivity index (χ2n) is 4.44. The summed E-state index contributed by atoms with van der Waals surface area (Å²) < 4.78 is 0. The SMILES string of the molecule is CCCCCCCCCC1=NCCN1.CCO. The van der Waals surface area contributed by atoms with Gasteiger partial charge >= 0.3 is 0 Å². The van der Waals surface area contributed by atoms with Gasteiger partial charge in [-0.25, -0.2) is 0 Å². The Bertz CT molecular complexity index is 181. The van der Waals surface area contributed by atoms with Crippen molar-refractivity contribution in [3.63, 3.8) is 0 Å². The smallest absolute Gasteiger partial charge is 0.0964 e. The first-order chi connectivity index (χ1) is 8.35. The maximum absolute atomic E-state index is 7.57. The molecule has 1 aliphatic heterocycles. The molecule has 0 aromatic carbocycles. The molecule has 0 aromatic heterocycles. The lowest BCUT2D eigenvalue weighted by molar-refractivity contribution is 0.318. The molecule has 0 spiro atoms. The van der Waals surface area contributed by atoms with Crippen LogP contribution in [0.3, 0.4) is 0 Å². The van der Waals surface area contributed by atoms with Crippen molar-refractivity contribution < 1.29 is 5.11 Å². The predicted molar refractivity (Wildman–Crippen MR) is 75.7 cm³/mol. The Kier molecular flexibility index (Phi) is 13.0. The van der Waals surface area contributed by atoms with E-state index in [9.17, 15) is 0 Å². The summed E-state index contributed by atoms with van der Waals surface area (Å²) in [5, 5.41) is 10.9. The molecule has 0 atom stereocenters. The van der Waals surface area contributed by atoms with Crippen molar-refractivity contribution in [3.8, 4) is 0 Å². The summed E-state index contributed by atoms with van der Waals surface area (Å²) >= 11 is 0. The van der Waals surface area contributed by atoms with Gasteiger partial charge in [0.15, 0.2) is 0 Å². The van der Waals surface area contributed by atoms with Gasteiger partial charge in [-0.2, -0.15) is 0 Å². The van der Waals surface area contributed by atoms with Crippen molar-refractivity contribution in [2.75, 3.05) is 19.7 Å². The average Bonchev–Trinajstić information content (AvgIpc) is 2.82. The molecular weight excluding hydrogens is 212 g/mol. The molecule has 0 fully saturated rings. The third-order valence-electron chi connectivity index (χ3n) is 2.76. The number of rotatable bonds is 8. The van der Waals surface area contributed by atoms with E-state index < -0.39 is 0 Å². The van der Waals surface area contributed by atoms with Crippen LogP contribution in [-0.2, 0) is 0 Å². The van der Waals surface area contributed by atoms with Crippen molar-refractivity contribution in [1.29, 1.82) is 0 Å². The van der Waals surface area contributed by atoms with Crippen molar-refractivity contribution in [2.45, 2.75) is 65.2 Å². The van der Waals surface area contributed by atoms with Crippen LogP contribution in [0.1, 0.15) is 65.2 Å². The van der Waals surface area contributed by atoms with Gasteiger partial charge in [0.05, 0.1) is 12.4 Å². The first-order valence-electron chi connectivity index (χ1n) is 7.23. The Morgan fingerprint density at radius 1 is 1.06 bits per heavy atom. The number of amidine groups is 1. The monoisotopic (exact) mass is 242 g/mol. The van der Waals surface area contributed by atoms with Crippen LogP contribution in [0.15, 0.2) is 4.99 Å². The number of aliphatic hydroxyl groups excluding tert-OH is 1. The summed E-state index contributed by atoms with van der Waals surface area (Å²) in [6.45, 7) is 6.25. The zero-order valence-electron chi connectivity index (χ0n) is 11.7. The third-order valence-corrected chi connectivity index (χ3v) is 2.76. The number of aliphatic hydroxyl groups is 1. The lowest BCUT2D eigenvalue weighted by Gasteiger charge is -2.02. The number of hydrogen-bond acceptors (Lipinski definition) is 3. The Labute approximate surface area is 107 Å². The second kappa shape index (κ2) is 13.5. The molecule has 1 rings (SSSR count). The summed E-state index contributed by atoms with van der Waals surface area (Å²) in [6, 6.07) is 0. The van der Waals surface area contributed by atoms with Crippen molar-refractivity contribution in [1.82, 2.24) is 5.32 Å². The van der Waals surface area contributed by atoms with Gasteiger partial charge in [-0.15, -0.1) is 0 Å². The van der Waals surface area contributed by atoms with Crippen LogP contribution >= 0.6 is 0 Å². The van der Waals surface area contributed by atoms with Crippen LogP contribution in [0.2, 0.25) is 0 Å². The Morgan fingerprint density at radius 3 is 2.18 bits per heavy atom. The standard InChI is InChI=1S/C12H24N2.C2H6O/c1-2-3-4-5-6-7-8-9-12-13-10-11-14-12;1-2-3/h2-11H2,1H3,(H,13,14);3H,2H2,1H3. The third kappa shape index (κ3) is 11.7. The second-order valence-corrected chi connectivity index (χ2v) is 4.44. The van der Waals surface area contributed by atoms with Crippen LogP contribution in [0.5, 0.6) is 0 Å². The predicted octanol–water partition coefficient (Wildman–Crippen LogP) is 3.13. The van der Waals surface area contributed by atoms with E-state index in [0.29, 0.717) is 0 Å². The van der Waals surface area contributed by atoms with Crippen LogP contribution in [0, 0.1) is 0 Å². The Balaban J connectivity index is 0.000000770. The van der Waals surface area contributed by atoms with E-state index in [1.165, 1.54) is 57.2 Å². The molecule has 1 aliphatic rings. The zero-order valence-corrected chi connectivity index (χ0v) is 11.7. The van der Waals surface area contributed by atoms with Gasteiger partial charge in [0.25, 0.3) is 0 Å². The number of nitrogens with one attached hydrogen (secondary N) is 1. The average molecular weight is 242 g/mol. The van der Waals surface area contributed by atoms with E-state index in [4.69, 9.17) is 5.11 Å². The van der Waals surface area contributed by atoms with E-state index in [1.807, 2.05) is 0 Å². The molecule has 1 heterocycles. The molecule has 0 unspecified atom stereocenters.